The Hall–Kier alpha value is -0.950. The number of benzene rings is 1. The zero-order chi connectivity index (χ0) is 28.0. The average molecular weight is 557 g/mol. The summed E-state index contributed by atoms with van der Waals surface area (Å²) in [5, 5.41) is 3.23. The highest BCUT2D eigenvalue weighted by Crippen LogP contribution is 2.39. The summed E-state index contributed by atoms with van der Waals surface area (Å²) in [7, 11) is 1.52. The minimum absolute atomic E-state index is 0.0863. The average Bonchev–Trinajstić information content (AvgIpc) is 2.86. The van der Waals surface area contributed by atoms with E-state index < -0.39 is 13.9 Å². The SMILES string of the molecule is CCCCCCCCCCCCCCCCOCC(CNc1ccccc1)OP(=O)([O-])OCC[N+](C)(C)C. The van der Waals surface area contributed by atoms with Crippen molar-refractivity contribution < 1.29 is 27.7 Å². The highest BCUT2D eigenvalue weighted by Gasteiger charge is 2.20. The number of quaternary nitrogens is 1. The molecule has 2 unspecified atom stereocenters. The van der Waals surface area contributed by atoms with Crippen molar-refractivity contribution in [2.24, 2.45) is 0 Å². The maximum Gasteiger partial charge on any atom is 0.268 e. The van der Waals surface area contributed by atoms with Crippen LogP contribution < -0.4 is 10.2 Å². The second-order valence-electron chi connectivity index (χ2n) is 11.4. The molecule has 0 aliphatic carbocycles. The summed E-state index contributed by atoms with van der Waals surface area (Å²) in [6.07, 6.45) is 17.7. The predicted octanol–water partition coefficient (Wildman–Crippen LogP) is 7.17. The number of rotatable bonds is 26. The van der Waals surface area contributed by atoms with E-state index in [1.165, 1.54) is 77.0 Å². The van der Waals surface area contributed by atoms with Crippen molar-refractivity contribution in [1.82, 2.24) is 0 Å². The Morgan fingerprint density at radius 1 is 0.816 bits per heavy atom. The van der Waals surface area contributed by atoms with Crippen LogP contribution in [0.15, 0.2) is 30.3 Å². The van der Waals surface area contributed by atoms with Gasteiger partial charge in [0.05, 0.1) is 27.7 Å². The lowest BCUT2D eigenvalue weighted by Gasteiger charge is -2.30. The third kappa shape index (κ3) is 21.9. The first kappa shape index (κ1) is 35.1. The van der Waals surface area contributed by atoms with Gasteiger partial charge >= 0.3 is 0 Å². The van der Waals surface area contributed by atoms with Gasteiger partial charge < -0.3 is 28.5 Å². The fourth-order valence-corrected chi connectivity index (χ4v) is 5.03. The van der Waals surface area contributed by atoms with E-state index in [4.69, 9.17) is 13.8 Å². The van der Waals surface area contributed by atoms with E-state index in [1.54, 1.807) is 0 Å². The quantitative estimate of drug-likeness (QED) is 0.0740. The molecule has 222 valence electrons. The lowest BCUT2D eigenvalue weighted by Crippen LogP contribution is -2.38. The summed E-state index contributed by atoms with van der Waals surface area (Å²) in [6, 6.07) is 9.65. The third-order valence-corrected chi connectivity index (χ3v) is 7.60. The van der Waals surface area contributed by atoms with Crippen LogP contribution in [-0.4, -0.2) is 64.6 Å². The van der Waals surface area contributed by atoms with E-state index in [2.05, 4.69) is 12.2 Å². The fourth-order valence-electron chi connectivity index (χ4n) is 4.17. The molecule has 0 saturated heterocycles. The highest BCUT2D eigenvalue weighted by atomic mass is 31.2. The van der Waals surface area contributed by atoms with Gasteiger partial charge in [0.2, 0.25) is 0 Å². The molecule has 38 heavy (non-hydrogen) atoms. The summed E-state index contributed by atoms with van der Waals surface area (Å²) in [4.78, 5) is 12.4. The maximum absolute atomic E-state index is 12.4. The van der Waals surface area contributed by atoms with Gasteiger partial charge in [-0.2, -0.15) is 0 Å². The van der Waals surface area contributed by atoms with Crippen molar-refractivity contribution in [2.75, 3.05) is 59.4 Å². The lowest BCUT2D eigenvalue weighted by molar-refractivity contribution is -0.870. The van der Waals surface area contributed by atoms with Crippen LogP contribution in [-0.2, 0) is 18.3 Å². The van der Waals surface area contributed by atoms with Gasteiger partial charge in [-0.3, -0.25) is 4.57 Å². The number of hydrogen-bond donors (Lipinski definition) is 1. The van der Waals surface area contributed by atoms with Crippen molar-refractivity contribution in [3.63, 3.8) is 0 Å². The molecule has 8 heteroatoms. The number of nitrogens with one attached hydrogen (secondary N) is 1. The Labute approximate surface area is 233 Å². The number of likely N-dealkylation sites (N-methyl/N-ethyl adjacent to an activating group) is 1. The zero-order valence-electron chi connectivity index (χ0n) is 24.8. The van der Waals surface area contributed by atoms with Crippen LogP contribution in [0.5, 0.6) is 0 Å². The Bertz CT molecular complexity index is 714. The van der Waals surface area contributed by atoms with Crippen LogP contribution in [0.3, 0.4) is 0 Å². The molecule has 7 nitrogen and oxygen atoms in total. The normalized spacial score (nSPS) is 14.3. The minimum atomic E-state index is -4.43. The fraction of sp³-hybridized carbons (Fsp3) is 0.800. The van der Waals surface area contributed by atoms with Crippen LogP contribution in [0.1, 0.15) is 96.8 Å². The van der Waals surface area contributed by atoms with Gasteiger partial charge in [-0.15, -0.1) is 0 Å². The van der Waals surface area contributed by atoms with Crippen LogP contribution in [0, 0.1) is 0 Å². The summed E-state index contributed by atoms with van der Waals surface area (Å²) in [6.45, 7) is 4.04. The van der Waals surface area contributed by atoms with Gasteiger partial charge in [0.25, 0.3) is 7.82 Å². The van der Waals surface area contributed by atoms with Crippen molar-refractivity contribution in [1.29, 1.82) is 0 Å². The molecule has 0 heterocycles. The molecule has 1 N–H and O–H groups in total. The van der Waals surface area contributed by atoms with E-state index in [0.29, 0.717) is 24.2 Å². The number of para-hydroxylation sites is 1. The standard InChI is InChI=1S/C30H57N2O5P/c1-5-6-7-8-9-10-11-12-13-14-15-16-17-21-25-35-28-30(27-31-29-22-19-18-20-23-29)37-38(33,34)36-26-24-32(2,3)4/h18-20,22-23,30-31H,5-17,21,24-28H2,1-4H3. The Morgan fingerprint density at radius 2 is 1.34 bits per heavy atom. The van der Waals surface area contributed by atoms with E-state index in [-0.39, 0.29) is 13.2 Å². The molecular formula is C30H57N2O5P. The number of ether oxygens (including phenoxy) is 1. The minimum Gasteiger partial charge on any atom is -0.756 e. The van der Waals surface area contributed by atoms with Gasteiger partial charge in [0.15, 0.2) is 0 Å². The molecule has 0 aromatic heterocycles. The molecule has 1 aromatic carbocycles. The van der Waals surface area contributed by atoms with E-state index in [0.717, 1.165) is 18.5 Å². The molecule has 0 bridgehead atoms. The largest absolute Gasteiger partial charge is 0.756 e. The topological polar surface area (TPSA) is 79.9 Å². The van der Waals surface area contributed by atoms with E-state index >= 15 is 0 Å². The molecule has 0 spiro atoms. The van der Waals surface area contributed by atoms with E-state index in [9.17, 15) is 9.46 Å². The zero-order valence-corrected chi connectivity index (χ0v) is 25.7. The number of unbranched alkanes of at least 4 members (excludes halogenated alkanes) is 13. The number of anilines is 1. The monoisotopic (exact) mass is 556 g/mol. The van der Waals surface area contributed by atoms with Gasteiger partial charge in [-0.05, 0) is 18.6 Å². The first-order valence-corrected chi connectivity index (χ1v) is 16.5. The summed E-state index contributed by atoms with van der Waals surface area (Å²) >= 11 is 0. The van der Waals surface area contributed by atoms with Gasteiger partial charge in [-0.1, -0.05) is 109 Å². The molecule has 1 rings (SSSR count). The van der Waals surface area contributed by atoms with Gasteiger partial charge in [0.1, 0.15) is 19.3 Å². The molecule has 0 radical (unpaired) electrons. The molecule has 0 amide bonds. The lowest BCUT2D eigenvalue weighted by atomic mass is 10.0. The third-order valence-electron chi connectivity index (χ3n) is 6.54. The molecule has 0 aliphatic heterocycles. The molecule has 0 fully saturated rings. The Morgan fingerprint density at radius 3 is 1.87 bits per heavy atom. The second-order valence-corrected chi connectivity index (χ2v) is 12.8. The number of phosphoric acid groups is 1. The number of hydrogen-bond acceptors (Lipinski definition) is 6. The number of nitrogens with zero attached hydrogens (tertiary/aromatic N) is 1. The summed E-state index contributed by atoms with van der Waals surface area (Å²) in [5.41, 5.74) is 0.903. The van der Waals surface area contributed by atoms with Gasteiger partial charge in [-0.25, -0.2) is 0 Å². The maximum atomic E-state index is 12.4. The van der Waals surface area contributed by atoms with E-state index in [1.807, 2.05) is 51.5 Å². The molecule has 0 aliphatic rings. The molecule has 1 aromatic rings. The Balaban J connectivity index is 2.19. The van der Waals surface area contributed by atoms with Crippen LogP contribution in [0.4, 0.5) is 5.69 Å². The van der Waals surface area contributed by atoms with Crippen LogP contribution in [0.25, 0.3) is 0 Å². The Kier molecular flexibility index (Phi) is 20.1. The summed E-state index contributed by atoms with van der Waals surface area (Å²) in [5.74, 6) is 0. The van der Waals surface area contributed by atoms with Crippen LogP contribution >= 0.6 is 7.82 Å². The predicted molar refractivity (Wildman–Crippen MR) is 157 cm³/mol. The second kappa shape index (κ2) is 21.8. The van der Waals surface area contributed by atoms with Crippen molar-refractivity contribution in [3.8, 4) is 0 Å². The molecular weight excluding hydrogens is 499 g/mol. The highest BCUT2D eigenvalue weighted by molar-refractivity contribution is 7.45. The first-order valence-electron chi connectivity index (χ1n) is 15.0. The van der Waals surface area contributed by atoms with Crippen LogP contribution in [0.2, 0.25) is 0 Å². The smallest absolute Gasteiger partial charge is 0.268 e. The van der Waals surface area contributed by atoms with Gasteiger partial charge in [0, 0.05) is 18.8 Å². The first-order chi connectivity index (χ1) is 18.2. The summed E-state index contributed by atoms with van der Waals surface area (Å²) < 4.78 is 29.3. The van der Waals surface area contributed by atoms with Crippen molar-refractivity contribution in [2.45, 2.75) is 103 Å². The molecule has 0 saturated carbocycles. The number of phosphoric ester groups is 1. The van der Waals surface area contributed by atoms with Crippen molar-refractivity contribution in [3.05, 3.63) is 30.3 Å². The van der Waals surface area contributed by atoms with Crippen molar-refractivity contribution >= 4 is 13.5 Å². The molecule has 2 atom stereocenters.